The zero-order valence-corrected chi connectivity index (χ0v) is 11.1. The summed E-state index contributed by atoms with van der Waals surface area (Å²) in [5.41, 5.74) is 1.33. The third kappa shape index (κ3) is 2.33. The summed E-state index contributed by atoms with van der Waals surface area (Å²) in [5.74, 6) is -1.08. The monoisotopic (exact) mass is 324 g/mol. The quantitative estimate of drug-likeness (QED) is 0.728. The molecule has 0 N–H and O–H groups in total. The van der Waals surface area contributed by atoms with Gasteiger partial charge in [-0.25, -0.2) is 9.37 Å². The smallest absolute Gasteiger partial charge is 0.258 e. The molecular formula is C12H7BrF2N4. The Morgan fingerprint density at radius 1 is 1.16 bits per heavy atom. The minimum Gasteiger partial charge on any atom is -0.261 e. The maximum absolute atomic E-state index is 13.6. The Hall–Kier alpha value is -1.89. The van der Waals surface area contributed by atoms with Crippen molar-refractivity contribution in [2.24, 2.45) is 0 Å². The van der Waals surface area contributed by atoms with Crippen molar-refractivity contribution in [1.29, 1.82) is 0 Å². The molecule has 0 saturated carbocycles. The summed E-state index contributed by atoms with van der Waals surface area (Å²) in [6.07, 6.45) is 4.13. The van der Waals surface area contributed by atoms with Gasteiger partial charge in [-0.1, -0.05) is 0 Å². The summed E-state index contributed by atoms with van der Waals surface area (Å²) >= 11 is 3.27. The first-order valence-electron chi connectivity index (χ1n) is 5.40. The van der Waals surface area contributed by atoms with Gasteiger partial charge in [0, 0.05) is 16.9 Å². The van der Waals surface area contributed by atoms with E-state index in [9.17, 15) is 8.78 Å². The van der Waals surface area contributed by atoms with Crippen LogP contribution in [0.4, 0.5) is 8.78 Å². The van der Waals surface area contributed by atoms with Crippen molar-refractivity contribution in [3.05, 3.63) is 52.5 Å². The van der Waals surface area contributed by atoms with Crippen molar-refractivity contribution >= 4 is 27.0 Å². The molecule has 0 aliphatic heterocycles. The van der Waals surface area contributed by atoms with E-state index in [1.165, 1.54) is 23.1 Å². The van der Waals surface area contributed by atoms with E-state index in [-0.39, 0.29) is 12.1 Å². The predicted molar refractivity (Wildman–Crippen MR) is 68.5 cm³/mol. The van der Waals surface area contributed by atoms with Gasteiger partial charge >= 0.3 is 0 Å². The summed E-state index contributed by atoms with van der Waals surface area (Å²) in [4.78, 5) is 7.72. The van der Waals surface area contributed by atoms with Gasteiger partial charge in [-0.05, 0) is 33.6 Å². The van der Waals surface area contributed by atoms with Crippen molar-refractivity contribution in [3.63, 3.8) is 0 Å². The standard InChI is InChI=1S/C12H7BrF2N4/c13-8-2-10-11(17-4-8)12(15)18-19(10)6-7-1-9(14)5-16-3-7/h1-5H,6H2. The fourth-order valence-electron chi connectivity index (χ4n) is 1.83. The molecule has 0 aliphatic carbocycles. The summed E-state index contributed by atoms with van der Waals surface area (Å²) < 4.78 is 28.8. The highest BCUT2D eigenvalue weighted by Crippen LogP contribution is 2.20. The Kier molecular flexibility index (Phi) is 2.98. The number of pyridine rings is 2. The van der Waals surface area contributed by atoms with E-state index in [1.54, 1.807) is 6.07 Å². The van der Waals surface area contributed by atoms with Gasteiger partial charge < -0.3 is 0 Å². The van der Waals surface area contributed by atoms with E-state index in [0.29, 0.717) is 11.1 Å². The first-order chi connectivity index (χ1) is 9.13. The van der Waals surface area contributed by atoms with Crippen molar-refractivity contribution in [3.8, 4) is 0 Å². The van der Waals surface area contributed by atoms with Gasteiger partial charge in [-0.3, -0.25) is 9.67 Å². The fourth-order valence-corrected chi connectivity index (χ4v) is 2.15. The second-order valence-corrected chi connectivity index (χ2v) is 4.90. The van der Waals surface area contributed by atoms with Crippen LogP contribution in [0.25, 0.3) is 11.0 Å². The molecule has 96 valence electrons. The van der Waals surface area contributed by atoms with Crippen LogP contribution in [-0.4, -0.2) is 19.7 Å². The fraction of sp³-hybridized carbons (Fsp3) is 0.0833. The van der Waals surface area contributed by atoms with E-state index in [1.807, 2.05) is 0 Å². The van der Waals surface area contributed by atoms with Gasteiger partial charge in [0.15, 0.2) is 0 Å². The lowest BCUT2D eigenvalue weighted by molar-refractivity contribution is 0.546. The van der Waals surface area contributed by atoms with Crippen molar-refractivity contribution in [1.82, 2.24) is 19.7 Å². The maximum Gasteiger partial charge on any atom is 0.258 e. The maximum atomic E-state index is 13.6. The molecule has 0 aliphatic rings. The first kappa shape index (κ1) is 12.2. The van der Waals surface area contributed by atoms with Crippen LogP contribution in [0, 0.1) is 11.8 Å². The molecule has 3 aromatic heterocycles. The number of nitrogens with zero attached hydrogens (tertiary/aromatic N) is 4. The number of hydrogen-bond donors (Lipinski definition) is 0. The first-order valence-corrected chi connectivity index (χ1v) is 6.20. The highest BCUT2D eigenvalue weighted by molar-refractivity contribution is 9.10. The average Bonchev–Trinajstić information content (AvgIpc) is 2.66. The van der Waals surface area contributed by atoms with E-state index < -0.39 is 11.8 Å². The van der Waals surface area contributed by atoms with Gasteiger partial charge in [0.2, 0.25) is 0 Å². The average molecular weight is 325 g/mol. The zero-order chi connectivity index (χ0) is 13.4. The van der Waals surface area contributed by atoms with E-state index >= 15 is 0 Å². The molecule has 0 fully saturated rings. The minimum absolute atomic E-state index is 0.188. The van der Waals surface area contributed by atoms with Crippen LogP contribution in [0.5, 0.6) is 0 Å². The number of halogens is 3. The summed E-state index contributed by atoms with van der Waals surface area (Å²) in [5, 5.41) is 3.77. The third-order valence-electron chi connectivity index (χ3n) is 2.61. The minimum atomic E-state index is -0.646. The van der Waals surface area contributed by atoms with Gasteiger partial charge in [-0.2, -0.15) is 4.39 Å². The van der Waals surface area contributed by atoms with E-state index in [2.05, 4.69) is 31.0 Å². The van der Waals surface area contributed by atoms with Crippen LogP contribution in [0.2, 0.25) is 0 Å². The highest BCUT2D eigenvalue weighted by atomic mass is 79.9. The molecule has 19 heavy (non-hydrogen) atoms. The van der Waals surface area contributed by atoms with Crippen molar-refractivity contribution < 1.29 is 8.78 Å². The molecule has 0 bridgehead atoms. The van der Waals surface area contributed by atoms with Crippen LogP contribution in [0.3, 0.4) is 0 Å². The largest absolute Gasteiger partial charge is 0.261 e. The summed E-state index contributed by atoms with van der Waals surface area (Å²) in [7, 11) is 0. The van der Waals surface area contributed by atoms with Crippen LogP contribution in [0.1, 0.15) is 5.56 Å². The Morgan fingerprint density at radius 2 is 2.00 bits per heavy atom. The summed E-state index contributed by atoms with van der Waals surface area (Å²) in [6, 6.07) is 3.05. The lowest BCUT2D eigenvalue weighted by Gasteiger charge is -2.03. The van der Waals surface area contributed by atoms with Crippen molar-refractivity contribution in [2.75, 3.05) is 0 Å². The molecule has 0 amide bonds. The molecule has 0 spiro atoms. The number of aromatic nitrogens is 4. The van der Waals surface area contributed by atoms with Crippen LogP contribution < -0.4 is 0 Å². The Balaban J connectivity index is 2.08. The molecule has 3 rings (SSSR count). The highest BCUT2D eigenvalue weighted by Gasteiger charge is 2.12. The second kappa shape index (κ2) is 4.65. The normalized spacial score (nSPS) is 11.1. The second-order valence-electron chi connectivity index (χ2n) is 3.98. The molecule has 7 heteroatoms. The van der Waals surface area contributed by atoms with Gasteiger partial charge in [0.25, 0.3) is 5.95 Å². The van der Waals surface area contributed by atoms with Gasteiger partial charge in [0.1, 0.15) is 11.3 Å². The van der Waals surface area contributed by atoms with E-state index in [0.717, 1.165) is 10.7 Å². The van der Waals surface area contributed by atoms with Crippen LogP contribution in [0.15, 0.2) is 35.2 Å². The number of rotatable bonds is 2. The Morgan fingerprint density at radius 3 is 2.79 bits per heavy atom. The molecule has 0 radical (unpaired) electrons. The van der Waals surface area contributed by atoms with Gasteiger partial charge in [0.05, 0.1) is 18.3 Å². The molecule has 0 aromatic carbocycles. The number of fused-ring (bicyclic) bond motifs is 1. The zero-order valence-electron chi connectivity index (χ0n) is 9.52. The Bertz CT molecular complexity index is 757. The third-order valence-corrected chi connectivity index (χ3v) is 3.04. The molecule has 4 nitrogen and oxygen atoms in total. The molecule has 3 aromatic rings. The lowest BCUT2D eigenvalue weighted by Crippen LogP contribution is -2.02. The SMILES string of the molecule is Fc1cncc(Cn2nc(F)c3ncc(Br)cc32)c1. The number of hydrogen-bond acceptors (Lipinski definition) is 3. The lowest BCUT2D eigenvalue weighted by atomic mass is 10.3. The molecule has 0 atom stereocenters. The summed E-state index contributed by atoms with van der Waals surface area (Å²) in [6.45, 7) is 0.226. The van der Waals surface area contributed by atoms with Crippen molar-refractivity contribution in [2.45, 2.75) is 6.54 Å². The van der Waals surface area contributed by atoms with Crippen LogP contribution >= 0.6 is 15.9 Å². The van der Waals surface area contributed by atoms with Gasteiger partial charge in [-0.15, -0.1) is 5.10 Å². The molecule has 0 saturated heterocycles. The predicted octanol–water partition coefficient (Wildman–Crippen LogP) is 2.92. The van der Waals surface area contributed by atoms with E-state index in [4.69, 9.17) is 0 Å². The Labute approximate surface area is 115 Å². The topological polar surface area (TPSA) is 43.6 Å². The molecule has 0 unspecified atom stereocenters. The molecular weight excluding hydrogens is 318 g/mol. The molecule has 3 heterocycles. The van der Waals surface area contributed by atoms with Crippen LogP contribution in [-0.2, 0) is 6.54 Å².